The number of aromatic carboxylic acids is 1. The average molecular weight is 628 g/mol. The quantitative estimate of drug-likeness (QED) is 0.320. The number of carboxylic acids is 1. The molecule has 0 bridgehead atoms. The van der Waals surface area contributed by atoms with Crippen LogP contribution in [0.25, 0.3) is 0 Å². The normalized spacial score (nSPS) is 21.4. The third-order valence-corrected chi connectivity index (χ3v) is 9.59. The maximum Gasteiger partial charge on any atom is 0.335 e. The number of carbonyl (C=O) groups excluding carboxylic acids is 2. The van der Waals surface area contributed by atoms with Crippen molar-refractivity contribution in [3.8, 4) is 11.5 Å². The largest absolute Gasteiger partial charge is 0.478 e. The summed E-state index contributed by atoms with van der Waals surface area (Å²) in [6.45, 7) is 6.54. The summed E-state index contributed by atoms with van der Waals surface area (Å²) in [4.78, 5) is 43.0. The highest BCUT2D eigenvalue weighted by Crippen LogP contribution is 2.38. The second-order valence-corrected chi connectivity index (χ2v) is 12.7. The molecule has 2 aromatic rings. The van der Waals surface area contributed by atoms with Gasteiger partial charge in [-0.05, 0) is 80.5 Å². The molecule has 2 aliphatic heterocycles. The van der Waals surface area contributed by atoms with Gasteiger partial charge in [-0.25, -0.2) is 4.79 Å². The second kappa shape index (κ2) is 14.3. The first-order valence-electron chi connectivity index (χ1n) is 15.8. The predicted octanol–water partition coefficient (Wildman–Crippen LogP) is 5.45. The molecule has 1 aliphatic carbocycles. The fourth-order valence-corrected chi connectivity index (χ4v) is 7.02. The number of unbranched alkanes of at least 4 members (excludes halogenated alkanes) is 1. The van der Waals surface area contributed by atoms with E-state index in [0.29, 0.717) is 68.8 Å². The molecule has 5 rings (SSSR count). The zero-order valence-corrected chi connectivity index (χ0v) is 26.7. The number of nitrogens with zero attached hydrogens (tertiary/aromatic N) is 2. The Morgan fingerprint density at radius 3 is 2.27 bits per heavy atom. The molecule has 44 heavy (non-hydrogen) atoms. The molecule has 240 valence electrons. The molecule has 1 spiro atoms. The lowest BCUT2D eigenvalue weighted by atomic mass is 9.77. The van der Waals surface area contributed by atoms with Gasteiger partial charge in [-0.2, -0.15) is 0 Å². The minimum Gasteiger partial charge on any atom is -0.478 e. The van der Waals surface area contributed by atoms with E-state index in [4.69, 9.17) is 4.74 Å². The number of nitrogens with one attached hydrogen (secondary N) is 1. The van der Waals surface area contributed by atoms with Crippen LogP contribution >= 0.6 is 12.4 Å². The Morgan fingerprint density at radius 1 is 1.00 bits per heavy atom. The highest BCUT2D eigenvalue weighted by Gasteiger charge is 2.54. The zero-order valence-electron chi connectivity index (χ0n) is 25.8. The van der Waals surface area contributed by atoms with Gasteiger partial charge < -0.3 is 25.2 Å². The molecular weight excluding hydrogens is 582 g/mol. The van der Waals surface area contributed by atoms with Crippen LogP contribution in [0.4, 0.5) is 0 Å². The third-order valence-electron chi connectivity index (χ3n) is 9.59. The molecule has 3 aliphatic rings. The number of piperazine rings is 1. The summed E-state index contributed by atoms with van der Waals surface area (Å²) in [5.74, 6) is 0.184. The van der Waals surface area contributed by atoms with Crippen LogP contribution in [-0.2, 0) is 16.1 Å². The Kier molecular flexibility index (Phi) is 11.0. The summed E-state index contributed by atoms with van der Waals surface area (Å²) in [5.41, 5.74) is 0.310. The lowest BCUT2D eigenvalue weighted by Crippen LogP contribution is -2.73. The van der Waals surface area contributed by atoms with Gasteiger partial charge in [0.25, 0.3) is 0 Å². The van der Waals surface area contributed by atoms with Crippen molar-refractivity contribution >= 4 is 30.2 Å². The molecule has 0 aromatic heterocycles. The minimum atomic E-state index is -0.958. The Morgan fingerprint density at radius 2 is 1.66 bits per heavy atom. The van der Waals surface area contributed by atoms with Crippen molar-refractivity contribution in [2.45, 2.75) is 102 Å². The molecule has 1 saturated carbocycles. The van der Waals surface area contributed by atoms with Gasteiger partial charge in [-0.1, -0.05) is 44.7 Å². The molecule has 10 heteroatoms. The maximum absolute atomic E-state index is 13.8. The molecule has 2 aromatic carbocycles. The van der Waals surface area contributed by atoms with Gasteiger partial charge in [0, 0.05) is 32.6 Å². The number of rotatable bonds is 10. The number of benzene rings is 2. The van der Waals surface area contributed by atoms with Crippen LogP contribution in [0.1, 0.15) is 92.6 Å². The zero-order chi connectivity index (χ0) is 30.6. The maximum atomic E-state index is 13.8. The first kappa shape index (κ1) is 33.7. The van der Waals surface area contributed by atoms with Crippen LogP contribution in [0.5, 0.6) is 11.5 Å². The van der Waals surface area contributed by atoms with E-state index >= 15 is 0 Å². The van der Waals surface area contributed by atoms with E-state index in [0.717, 1.165) is 44.2 Å². The molecule has 9 nitrogen and oxygen atoms in total. The summed E-state index contributed by atoms with van der Waals surface area (Å²) in [5, 5.41) is 23.4. The van der Waals surface area contributed by atoms with Crippen LogP contribution in [0.3, 0.4) is 0 Å². The van der Waals surface area contributed by atoms with Gasteiger partial charge in [0.05, 0.1) is 11.2 Å². The summed E-state index contributed by atoms with van der Waals surface area (Å²) in [6, 6.07) is 12.1. The van der Waals surface area contributed by atoms with Crippen molar-refractivity contribution in [3.63, 3.8) is 0 Å². The Balaban J connectivity index is 0.00000442. The summed E-state index contributed by atoms with van der Waals surface area (Å²) >= 11 is 0. The number of aliphatic hydroxyl groups is 1. The van der Waals surface area contributed by atoms with Gasteiger partial charge in [0.2, 0.25) is 11.8 Å². The third kappa shape index (κ3) is 7.38. The van der Waals surface area contributed by atoms with Crippen LogP contribution in [0.15, 0.2) is 42.5 Å². The van der Waals surface area contributed by atoms with Crippen LogP contribution < -0.4 is 10.1 Å². The van der Waals surface area contributed by atoms with Gasteiger partial charge >= 0.3 is 5.97 Å². The van der Waals surface area contributed by atoms with Gasteiger partial charge in [0.1, 0.15) is 23.1 Å². The lowest BCUT2D eigenvalue weighted by Gasteiger charge is -2.52. The highest BCUT2D eigenvalue weighted by molar-refractivity contribution is 6.00. The van der Waals surface area contributed by atoms with Crippen molar-refractivity contribution in [1.82, 2.24) is 15.1 Å². The topological polar surface area (TPSA) is 119 Å². The molecular formula is C34H46ClN3O6. The smallest absolute Gasteiger partial charge is 0.335 e. The van der Waals surface area contributed by atoms with E-state index in [1.165, 1.54) is 0 Å². The number of likely N-dealkylation sites (tertiary alicyclic amines) is 1. The number of ether oxygens (including phenoxy) is 1. The summed E-state index contributed by atoms with van der Waals surface area (Å²) in [7, 11) is 0. The number of piperidine rings is 1. The predicted molar refractivity (Wildman–Crippen MR) is 170 cm³/mol. The van der Waals surface area contributed by atoms with E-state index in [1.807, 2.05) is 29.2 Å². The van der Waals surface area contributed by atoms with Gasteiger partial charge in [-0.15, -0.1) is 12.4 Å². The van der Waals surface area contributed by atoms with E-state index in [-0.39, 0.29) is 29.8 Å². The Labute approximate surface area is 266 Å². The summed E-state index contributed by atoms with van der Waals surface area (Å²) in [6.07, 6.45) is 7.66. The number of halogens is 1. The summed E-state index contributed by atoms with van der Waals surface area (Å²) < 4.78 is 5.94. The molecule has 2 amide bonds. The van der Waals surface area contributed by atoms with Crippen molar-refractivity contribution in [2.75, 3.05) is 19.6 Å². The fraction of sp³-hybridized carbons (Fsp3) is 0.559. The molecule has 3 fully saturated rings. The van der Waals surface area contributed by atoms with E-state index < -0.39 is 23.2 Å². The van der Waals surface area contributed by atoms with E-state index in [1.54, 1.807) is 25.1 Å². The second-order valence-electron chi connectivity index (χ2n) is 12.7. The SMILES string of the molecule is CCCCN1C(=O)[C@@H](CC2(O)CCCCC2)NC(=O)C12CCN(Cc1ccc(Oc3ccc(C(=O)O)c(C)c3)cc1)CC2.Cl. The van der Waals surface area contributed by atoms with Gasteiger partial charge in [-0.3, -0.25) is 14.5 Å². The number of carbonyl (C=O) groups is 3. The number of aryl methyl sites for hydroxylation is 1. The first-order valence-corrected chi connectivity index (χ1v) is 15.8. The van der Waals surface area contributed by atoms with Crippen LogP contribution in [0, 0.1) is 6.92 Å². The van der Waals surface area contributed by atoms with E-state index in [9.17, 15) is 24.6 Å². The number of carboxylic acid groups (broad SMARTS) is 1. The number of amides is 2. The Bertz CT molecular complexity index is 1320. The molecule has 3 N–H and O–H groups in total. The standard InChI is InChI=1S/C34H45N3O6.ClH/c1-3-4-18-37-30(38)29(22-33(42)14-6-5-7-15-33)35-32(41)34(37)16-19-36(20-17-34)23-25-8-10-26(11-9-25)43-27-12-13-28(31(39)40)24(2)21-27;/h8-13,21,29,42H,3-7,14-20,22-23H2,1-2H3,(H,35,41)(H,39,40);1H/t29-;/m1./s1. The fourth-order valence-electron chi connectivity index (χ4n) is 7.02. The van der Waals surface area contributed by atoms with Crippen molar-refractivity contribution in [2.24, 2.45) is 0 Å². The number of hydrogen-bond acceptors (Lipinski definition) is 6. The lowest BCUT2D eigenvalue weighted by molar-refractivity contribution is -0.163. The van der Waals surface area contributed by atoms with Crippen molar-refractivity contribution < 1.29 is 29.3 Å². The molecule has 2 saturated heterocycles. The molecule has 0 radical (unpaired) electrons. The van der Waals surface area contributed by atoms with Crippen molar-refractivity contribution in [3.05, 3.63) is 59.2 Å². The first-order chi connectivity index (χ1) is 20.6. The molecule has 2 heterocycles. The number of hydrogen-bond donors (Lipinski definition) is 3. The van der Waals surface area contributed by atoms with Crippen molar-refractivity contribution in [1.29, 1.82) is 0 Å². The Hall–Kier alpha value is -3.14. The molecule has 0 unspecified atom stereocenters. The van der Waals surface area contributed by atoms with Gasteiger partial charge in [0.15, 0.2) is 0 Å². The van der Waals surface area contributed by atoms with Crippen LogP contribution in [-0.4, -0.2) is 74.6 Å². The van der Waals surface area contributed by atoms with Crippen LogP contribution in [0.2, 0.25) is 0 Å². The molecule has 1 atom stereocenters. The average Bonchev–Trinajstić information content (AvgIpc) is 2.98. The minimum absolute atomic E-state index is 0. The van der Waals surface area contributed by atoms with E-state index in [2.05, 4.69) is 17.1 Å². The highest BCUT2D eigenvalue weighted by atomic mass is 35.5. The monoisotopic (exact) mass is 627 g/mol.